The average Bonchev–Trinajstić information content (AvgIpc) is 2.22. The van der Waals surface area contributed by atoms with Crippen LogP contribution in [-0.4, -0.2) is 42.5 Å². The van der Waals surface area contributed by atoms with Gasteiger partial charge in [-0.05, 0) is 36.4 Å². The molecule has 0 aliphatic rings. The fraction of sp³-hybridized carbons (Fsp3) is 0.900. The van der Waals surface area contributed by atoms with E-state index in [2.05, 4.69) is 18.5 Å². The Morgan fingerprint density at radius 2 is 2.07 bits per heavy atom. The molecule has 0 fully saturated rings. The van der Waals surface area contributed by atoms with Crippen molar-refractivity contribution in [2.75, 3.05) is 30.6 Å². The maximum absolute atomic E-state index is 11.5. The molecule has 2 atom stereocenters. The van der Waals surface area contributed by atoms with E-state index in [4.69, 9.17) is 5.73 Å². The van der Waals surface area contributed by atoms with E-state index in [-0.39, 0.29) is 11.9 Å². The van der Waals surface area contributed by atoms with E-state index in [0.29, 0.717) is 5.92 Å². The molecular formula is C10H22N2OS2. The lowest BCUT2D eigenvalue weighted by Crippen LogP contribution is -2.42. The van der Waals surface area contributed by atoms with Crippen molar-refractivity contribution in [3.8, 4) is 0 Å². The minimum Gasteiger partial charge on any atom is -0.354 e. The highest BCUT2D eigenvalue weighted by Gasteiger charge is 2.13. The number of hydrogen-bond donors (Lipinski definition) is 2. The first-order chi connectivity index (χ1) is 7.11. The molecule has 0 aromatic heterocycles. The van der Waals surface area contributed by atoms with Crippen LogP contribution in [0.4, 0.5) is 0 Å². The van der Waals surface area contributed by atoms with Gasteiger partial charge in [-0.2, -0.15) is 23.5 Å². The van der Waals surface area contributed by atoms with Crippen molar-refractivity contribution in [1.82, 2.24) is 5.32 Å². The van der Waals surface area contributed by atoms with Crippen LogP contribution in [-0.2, 0) is 4.79 Å². The van der Waals surface area contributed by atoms with Gasteiger partial charge < -0.3 is 11.1 Å². The fourth-order valence-corrected chi connectivity index (χ4v) is 2.30. The molecule has 0 rings (SSSR count). The second-order valence-corrected chi connectivity index (χ2v) is 5.59. The van der Waals surface area contributed by atoms with Crippen molar-refractivity contribution in [1.29, 1.82) is 0 Å². The van der Waals surface area contributed by atoms with Gasteiger partial charge in [-0.3, -0.25) is 4.79 Å². The van der Waals surface area contributed by atoms with Crippen molar-refractivity contribution >= 4 is 29.4 Å². The van der Waals surface area contributed by atoms with Gasteiger partial charge in [-0.1, -0.05) is 6.92 Å². The molecule has 5 heteroatoms. The Balaban J connectivity index is 3.63. The largest absolute Gasteiger partial charge is 0.354 e. The summed E-state index contributed by atoms with van der Waals surface area (Å²) in [4.78, 5) is 11.5. The van der Waals surface area contributed by atoms with E-state index >= 15 is 0 Å². The topological polar surface area (TPSA) is 55.1 Å². The Morgan fingerprint density at radius 1 is 1.40 bits per heavy atom. The Morgan fingerprint density at radius 3 is 2.60 bits per heavy atom. The zero-order valence-electron chi connectivity index (χ0n) is 9.79. The summed E-state index contributed by atoms with van der Waals surface area (Å²) in [5, 5.41) is 2.89. The van der Waals surface area contributed by atoms with Crippen LogP contribution in [0, 0.1) is 5.92 Å². The lowest BCUT2D eigenvalue weighted by molar-refractivity contribution is -0.122. The number of amides is 1. The van der Waals surface area contributed by atoms with Gasteiger partial charge in [0.2, 0.25) is 5.91 Å². The number of nitrogens with two attached hydrogens (primary N) is 1. The van der Waals surface area contributed by atoms with Gasteiger partial charge in [0.05, 0.1) is 6.04 Å². The lowest BCUT2D eigenvalue weighted by Gasteiger charge is -2.14. The maximum Gasteiger partial charge on any atom is 0.236 e. The fourth-order valence-electron chi connectivity index (χ4n) is 1.13. The predicted molar refractivity (Wildman–Crippen MR) is 71.5 cm³/mol. The molecule has 0 bridgehead atoms. The van der Waals surface area contributed by atoms with Crippen LogP contribution in [0.3, 0.4) is 0 Å². The van der Waals surface area contributed by atoms with E-state index < -0.39 is 0 Å². The second kappa shape index (κ2) is 9.36. The van der Waals surface area contributed by atoms with E-state index in [9.17, 15) is 4.79 Å². The molecule has 0 spiro atoms. The Kier molecular flexibility index (Phi) is 9.44. The SMILES string of the molecule is CSCC[C@H](N)C(=O)NCC(C)CSC. The highest BCUT2D eigenvalue weighted by Crippen LogP contribution is 2.03. The Labute approximate surface area is 101 Å². The molecule has 0 saturated heterocycles. The minimum atomic E-state index is -0.348. The van der Waals surface area contributed by atoms with Crippen LogP contribution in [0.1, 0.15) is 13.3 Å². The summed E-state index contributed by atoms with van der Waals surface area (Å²) in [7, 11) is 0. The van der Waals surface area contributed by atoms with E-state index in [1.54, 1.807) is 23.5 Å². The molecule has 0 aromatic rings. The zero-order chi connectivity index (χ0) is 11.7. The first-order valence-corrected chi connectivity index (χ1v) is 7.91. The van der Waals surface area contributed by atoms with Crippen LogP contribution in [0.2, 0.25) is 0 Å². The second-order valence-electron chi connectivity index (χ2n) is 3.69. The summed E-state index contributed by atoms with van der Waals surface area (Å²) in [6.45, 7) is 2.86. The number of hydrogen-bond acceptors (Lipinski definition) is 4. The lowest BCUT2D eigenvalue weighted by atomic mass is 10.2. The van der Waals surface area contributed by atoms with Crippen molar-refractivity contribution in [3.05, 3.63) is 0 Å². The molecule has 0 aliphatic heterocycles. The molecular weight excluding hydrogens is 228 g/mol. The molecule has 0 saturated carbocycles. The average molecular weight is 250 g/mol. The molecule has 0 heterocycles. The summed E-state index contributed by atoms with van der Waals surface area (Å²) in [6.07, 6.45) is 4.84. The van der Waals surface area contributed by atoms with Crippen molar-refractivity contribution in [2.24, 2.45) is 11.7 Å². The highest BCUT2D eigenvalue weighted by molar-refractivity contribution is 7.98. The first-order valence-electron chi connectivity index (χ1n) is 5.13. The summed E-state index contributed by atoms with van der Waals surface area (Å²) in [6, 6.07) is -0.348. The van der Waals surface area contributed by atoms with Crippen LogP contribution >= 0.6 is 23.5 Å². The molecule has 3 nitrogen and oxygen atoms in total. The normalized spacial score (nSPS) is 14.7. The molecule has 1 unspecified atom stereocenters. The summed E-state index contributed by atoms with van der Waals surface area (Å²) >= 11 is 3.51. The standard InChI is InChI=1S/C10H22N2OS2/c1-8(7-15-3)6-12-10(13)9(11)4-5-14-2/h8-9H,4-7,11H2,1-3H3,(H,12,13)/t8?,9-/m0/s1. The monoisotopic (exact) mass is 250 g/mol. The van der Waals surface area contributed by atoms with Crippen LogP contribution in [0.25, 0.3) is 0 Å². The smallest absolute Gasteiger partial charge is 0.236 e. The molecule has 15 heavy (non-hydrogen) atoms. The molecule has 0 radical (unpaired) electrons. The van der Waals surface area contributed by atoms with Crippen molar-refractivity contribution in [3.63, 3.8) is 0 Å². The van der Waals surface area contributed by atoms with Crippen LogP contribution in [0.5, 0.6) is 0 Å². The first kappa shape index (κ1) is 15.1. The summed E-state index contributed by atoms with van der Waals surface area (Å²) in [5.41, 5.74) is 5.73. The van der Waals surface area contributed by atoms with Gasteiger partial charge in [-0.25, -0.2) is 0 Å². The third-order valence-corrected chi connectivity index (χ3v) is 3.59. The zero-order valence-corrected chi connectivity index (χ0v) is 11.4. The molecule has 0 aliphatic carbocycles. The van der Waals surface area contributed by atoms with Gasteiger partial charge in [0.15, 0.2) is 0 Å². The van der Waals surface area contributed by atoms with Crippen LogP contribution < -0.4 is 11.1 Å². The number of carbonyl (C=O) groups excluding carboxylic acids is 1. The van der Waals surface area contributed by atoms with E-state index in [1.165, 1.54) is 0 Å². The number of rotatable bonds is 8. The van der Waals surface area contributed by atoms with Gasteiger partial charge >= 0.3 is 0 Å². The van der Waals surface area contributed by atoms with E-state index in [0.717, 1.165) is 24.5 Å². The number of thioether (sulfide) groups is 2. The number of nitrogens with one attached hydrogen (secondary N) is 1. The third-order valence-electron chi connectivity index (χ3n) is 2.05. The predicted octanol–water partition coefficient (Wildman–Crippen LogP) is 1.18. The minimum absolute atomic E-state index is 0.0167. The molecule has 90 valence electrons. The quantitative estimate of drug-likeness (QED) is 0.679. The Bertz CT molecular complexity index is 179. The van der Waals surface area contributed by atoms with Crippen LogP contribution in [0.15, 0.2) is 0 Å². The van der Waals surface area contributed by atoms with Crippen molar-refractivity contribution < 1.29 is 4.79 Å². The highest BCUT2D eigenvalue weighted by atomic mass is 32.2. The summed E-state index contributed by atoms with van der Waals surface area (Å²) in [5.74, 6) is 2.50. The molecule has 3 N–H and O–H groups in total. The Hall–Kier alpha value is 0.130. The van der Waals surface area contributed by atoms with E-state index in [1.807, 2.05) is 6.26 Å². The third kappa shape index (κ3) is 7.99. The molecule has 1 amide bonds. The summed E-state index contributed by atoms with van der Waals surface area (Å²) < 4.78 is 0. The van der Waals surface area contributed by atoms with Gasteiger partial charge in [0, 0.05) is 6.54 Å². The maximum atomic E-state index is 11.5. The van der Waals surface area contributed by atoms with Crippen molar-refractivity contribution in [2.45, 2.75) is 19.4 Å². The van der Waals surface area contributed by atoms with Gasteiger partial charge in [-0.15, -0.1) is 0 Å². The number of carbonyl (C=O) groups is 1. The van der Waals surface area contributed by atoms with Gasteiger partial charge in [0.25, 0.3) is 0 Å². The molecule has 0 aromatic carbocycles. The van der Waals surface area contributed by atoms with Gasteiger partial charge in [0.1, 0.15) is 0 Å².